The van der Waals surface area contributed by atoms with E-state index in [1.54, 1.807) is 0 Å². The van der Waals surface area contributed by atoms with Crippen LogP contribution in [0.25, 0.3) is 0 Å². The molecule has 1 unspecified atom stereocenters. The van der Waals surface area contributed by atoms with Crippen LogP contribution in [0.1, 0.15) is 44.4 Å². The summed E-state index contributed by atoms with van der Waals surface area (Å²) >= 11 is 5.35. The molecular weight excluding hydrogens is 294 g/mol. The summed E-state index contributed by atoms with van der Waals surface area (Å²) in [7, 11) is 0. The molecule has 0 aromatic carbocycles. The minimum absolute atomic E-state index is 0.748. The van der Waals surface area contributed by atoms with Gasteiger partial charge in [0.1, 0.15) is 0 Å². The first-order valence-electron chi connectivity index (χ1n) is 6.61. The van der Waals surface area contributed by atoms with E-state index in [1.807, 2.05) is 11.3 Å². The first-order valence-corrected chi connectivity index (χ1v) is 8.28. The zero-order valence-electron chi connectivity index (χ0n) is 10.7. The minimum Gasteiger partial charge on any atom is -0.309 e. The van der Waals surface area contributed by atoms with Gasteiger partial charge in [-0.05, 0) is 59.5 Å². The predicted molar refractivity (Wildman–Crippen MR) is 79.4 cm³/mol. The van der Waals surface area contributed by atoms with Gasteiger partial charge in [0.15, 0.2) is 0 Å². The fraction of sp³-hybridized carbons (Fsp3) is 0.714. The summed E-state index contributed by atoms with van der Waals surface area (Å²) in [6.45, 7) is 5.68. The molecule has 0 spiro atoms. The van der Waals surface area contributed by atoms with E-state index >= 15 is 0 Å². The molecule has 0 aliphatic heterocycles. The molecular formula is C14H22BrNS. The number of thiophene rings is 1. The molecule has 1 nitrogen and oxygen atoms in total. The maximum absolute atomic E-state index is 3.76. The monoisotopic (exact) mass is 315 g/mol. The summed E-state index contributed by atoms with van der Waals surface area (Å²) in [5.41, 5.74) is 0. The molecule has 1 atom stereocenters. The van der Waals surface area contributed by atoms with Crippen LogP contribution in [0.5, 0.6) is 0 Å². The number of hydrogen-bond acceptors (Lipinski definition) is 2. The van der Waals surface area contributed by atoms with Crippen LogP contribution in [0.2, 0.25) is 0 Å². The van der Waals surface area contributed by atoms with Gasteiger partial charge in [0.05, 0.1) is 0 Å². The fourth-order valence-corrected chi connectivity index (χ4v) is 3.60. The van der Waals surface area contributed by atoms with Crippen molar-refractivity contribution in [3.63, 3.8) is 0 Å². The molecule has 17 heavy (non-hydrogen) atoms. The Balaban J connectivity index is 1.77. The quantitative estimate of drug-likeness (QED) is 0.761. The molecule has 1 aliphatic carbocycles. The Morgan fingerprint density at radius 3 is 2.71 bits per heavy atom. The van der Waals surface area contributed by atoms with Gasteiger partial charge in [-0.25, -0.2) is 0 Å². The van der Waals surface area contributed by atoms with Crippen molar-refractivity contribution in [1.29, 1.82) is 0 Å². The van der Waals surface area contributed by atoms with Crippen molar-refractivity contribution in [2.45, 2.75) is 52.1 Å². The third kappa shape index (κ3) is 4.72. The molecule has 0 saturated heterocycles. The normalized spacial score (nSPS) is 17.6. The predicted octanol–water partition coefficient (Wildman–Crippen LogP) is 4.82. The molecule has 96 valence electrons. The van der Waals surface area contributed by atoms with E-state index in [1.165, 1.54) is 35.0 Å². The molecule has 0 amide bonds. The second kappa shape index (κ2) is 6.35. The van der Waals surface area contributed by atoms with E-state index in [4.69, 9.17) is 0 Å². The molecule has 0 radical (unpaired) electrons. The van der Waals surface area contributed by atoms with Crippen molar-refractivity contribution < 1.29 is 0 Å². The smallest absolute Gasteiger partial charge is 0.0302 e. The van der Waals surface area contributed by atoms with Gasteiger partial charge in [-0.1, -0.05) is 13.8 Å². The summed E-state index contributed by atoms with van der Waals surface area (Å²) < 4.78 is 1.21. The molecule has 1 heterocycles. The highest BCUT2D eigenvalue weighted by molar-refractivity contribution is 9.10. The first-order chi connectivity index (χ1) is 8.15. The van der Waals surface area contributed by atoms with E-state index in [-0.39, 0.29) is 0 Å². The molecule has 1 aromatic heterocycles. The lowest BCUT2D eigenvalue weighted by Crippen LogP contribution is -2.30. The summed E-state index contributed by atoms with van der Waals surface area (Å²) in [5.74, 6) is 1.78. The van der Waals surface area contributed by atoms with E-state index < -0.39 is 0 Å². The lowest BCUT2D eigenvalue weighted by atomic mass is 10.0. The second-order valence-corrected chi connectivity index (χ2v) is 7.44. The summed E-state index contributed by atoms with van der Waals surface area (Å²) in [5, 5.41) is 5.92. The Morgan fingerprint density at radius 2 is 2.18 bits per heavy atom. The van der Waals surface area contributed by atoms with E-state index in [0.29, 0.717) is 0 Å². The summed E-state index contributed by atoms with van der Waals surface area (Å²) in [6.07, 6.45) is 5.56. The number of nitrogens with one attached hydrogen (secondary N) is 1. The van der Waals surface area contributed by atoms with Crippen LogP contribution in [0.4, 0.5) is 0 Å². The minimum atomic E-state index is 0.748. The van der Waals surface area contributed by atoms with Crippen LogP contribution < -0.4 is 5.32 Å². The van der Waals surface area contributed by atoms with Crippen molar-refractivity contribution in [1.82, 2.24) is 5.32 Å². The molecule has 0 bridgehead atoms. The molecule has 1 aliphatic rings. The van der Waals surface area contributed by atoms with Crippen LogP contribution in [-0.2, 0) is 6.54 Å². The molecule has 3 heteroatoms. The third-order valence-electron chi connectivity index (χ3n) is 3.41. The largest absolute Gasteiger partial charge is 0.309 e. The van der Waals surface area contributed by atoms with Crippen molar-refractivity contribution >= 4 is 27.3 Å². The SMILES string of the molecule is CC(C)CCC(NCc1cc(Br)cs1)C1CC1. The Morgan fingerprint density at radius 1 is 1.41 bits per heavy atom. The Labute approximate surface area is 117 Å². The average Bonchev–Trinajstić information content (AvgIpc) is 3.02. The van der Waals surface area contributed by atoms with Crippen molar-refractivity contribution in [2.75, 3.05) is 0 Å². The van der Waals surface area contributed by atoms with Gasteiger partial charge in [-0.3, -0.25) is 0 Å². The summed E-state index contributed by atoms with van der Waals surface area (Å²) in [6, 6.07) is 2.97. The Kier molecular flexibility index (Phi) is 5.07. The van der Waals surface area contributed by atoms with E-state index in [2.05, 4.69) is 46.5 Å². The third-order valence-corrected chi connectivity index (χ3v) is 5.10. The van der Waals surface area contributed by atoms with Crippen LogP contribution in [0.15, 0.2) is 15.9 Å². The zero-order chi connectivity index (χ0) is 12.3. The highest BCUT2D eigenvalue weighted by Gasteiger charge is 2.30. The molecule has 1 N–H and O–H groups in total. The van der Waals surface area contributed by atoms with Crippen LogP contribution in [-0.4, -0.2) is 6.04 Å². The van der Waals surface area contributed by atoms with Crippen LogP contribution in [0, 0.1) is 11.8 Å². The first kappa shape index (κ1) is 13.6. The van der Waals surface area contributed by atoms with Gasteiger partial charge >= 0.3 is 0 Å². The van der Waals surface area contributed by atoms with Crippen molar-refractivity contribution in [3.05, 3.63) is 20.8 Å². The van der Waals surface area contributed by atoms with Gasteiger partial charge < -0.3 is 5.32 Å². The molecule has 1 fully saturated rings. The van der Waals surface area contributed by atoms with Crippen LogP contribution in [0.3, 0.4) is 0 Å². The molecule has 1 aromatic rings. The zero-order valence-corrected chi connectivity index (χ0v) is 13.1. The highest BCUT2D eigenvalue weighted by Crippen LogP contribution is 2.35. The highest BCUT2D eigenvalue weighted by atomic mass is 79.9. The van der Waals surface area contributed by atoms with Gasteiger partial charge in [-0.15, -0.1) is 11.3 Å². The topological polar surface area (TPSA) is 12.0 Å². The lowest BCUT2D eigenvalue weighted by molar-refractivity contribution is 0.395. The van der Waals surface area contributed by atoms with Gasteiger partial charge in [-0.2, -0.15) is 0 Å². The standard InChI is InChI=1S/C14H22BrNS/c1-10(2)3-6-14(11-4-5-11)16-8-13-7-12(15)9-17-13/h7,9-11,14,16H,3-6,8H2,1-2H3. The van der Waals surface area contributed by atoms with E-state index in [9.17, 15) is 0 Å². The number of rotatable bonds is 7. The van der Waals surface area contributed by atoms with E-state index in [0.717, 1.165) is 24.4 Å². The lowest BCUT2D eigenvalue weighted by Gasteiger charge is -2.18. The average molecular weight is 316 g/mol. The van der Waals surface area contributed by atoms with Crippen molar-refractivity contribution in [3.8, 4) is 0 Å². The molecule has 2 rings (SSSR count). The fourth-order valence-electron chi connectivity index (χ4n) is 2.19. The van der Waals surface area contributed by atoms with Crippen LogP contribution >= 0.6 is 27.3 Å². The van der Waals surface area contributed by atoms with Gasteiger partial charge in [0, 0.05) is 27.3 Å². The second-order valence-electron chi connectivity index (χ2n) is 5.53. The number of hydrogen-bond donors (Lipinski definition) is 1. The van der Waals surface area contributed by atoms with Gasteiger partial charge in [0.2, 0.25) is 0 Å². The maximum atomic E-state index is 3.76. The molecule has 1 saturated carbocycles. The number of halogens is 1. The Bertz CT molecular complexity index is 344. The van der Waals surface area contributed by atoms with Crippen molar-refractivity contribution in [2.24, 2.45) is 11.8 Å². The maximum Gasteiger partial charge on any atom is 0.0302 e. The Hall–Kier alpha value is 0.140. The summed E-state index contributed by atoms with van der Waals surface area (Å²) in [4.78, 5) is 1.44. The van der Waals surface area contributed by atoms with Gasteiger partial charge in [0.25, 0.3) is 0 Å².